The van der Waals surface area contributed by atoms with Gasteiger partial charge in [0.25, 0.3) is 5.91 Å². The highest BCUT2D eigenvalue weighted by Gasteiger charge is 2.24. The predicted molar refractivity (Wildman–Crippen MR) is 105 cm³/mol. The van der Waals surface area contributed by atoms with E-state index in [-0.39, 0.29) is 30.6 Å². The number of ether oxygens (including phenoxy) is 1. The largest absolute Gasteiger partial charge is 0.496 e. The second-order valence-electron chi connectivity index (χ2n) is 6.63. The van der Waals surface area contributed by atoms with Gasteiger partial charge in [0.1, 0.15) is 5.75 Å². The lowest BCUT2D eigenvalue weighted by atomic mass is 10.1. The number of carbonyl (C=O) groups excluding carboxylic acids is 3. The first-order valence-corrected chi connectivity index (χ1v) is 9.12. The smallest absolute Gasteiger partial charge is 0.251 e. The summed E-state index contributed by atoms with van der Waals surface area (Å²) in [5, 5.41) is 4.11. The second-order valence-corrected chi connectivity index (χ2v) is 6.63. The predicted octanol–water partition coefficient (Wildman–Crippen LogP) is 2.13. The number of amides is 3. The molecule has 28 heavy (non-hydrogen) atoms. The van der Waals surface area contributed by atoms with Gasteiger partial charge in [-0.15, -0.1) is 0 Å². The lowest BCUT2D eigenvalue weighted by molar-refractivity contribution is -0.130. The van der Waals surface area contributed by atoms with Gasteiger partial charge in [-0.2, -0.15) is 0 Å². The molecule has 3 amide bonds. The molecule has 1 saturated heterocycles. The topological polar surface area (TPSA) is 87.7 Å². The molecular formula is C21H23N3O4. The lowest BCUT2D eigenvalue weighted by Gasteiger charge is -2.27. The van der Waals surface area contributed by atoms with Crippen molar-refractivity contribution in [3.05, 3.63) is 59.2 Å². The van der Waals surface area contributed by atoms with E-state index < -0.39 is 0 Å². The molecule has 0 unspecified atom stereocenters. The molecule has 3 rings (SSSR count). The molecule has 2 aromatic rings. The van der Waals surface area contributed by atoms with Gasteiger partial charge < -0.3 is 10.1 Å². The van der Waals surface area contributed by atoms with E-state index in [1.165, 1.54) is 5.01 Å². The summed E-state index contributed by atoms with van der Waals surface area (Å²) in [6.45, 7) is 2.49. The zero-order chi connectivity index (χ0) is 20.1. The first-order chi connectivity index (χ1) is 13.5. The van der Waals surface area contributed by atoms with Crippen LogP contribution in [0.5, 0.6) is 5.75 Å². The average molecular weight is 381 g/mol. The summed E-state index contributed by atoms with van der Waals surface area (Å²) in [5.41, 5.74) is 5.72. The molecule has 2 aromatic carbocycles. The molecule has 1 fully saturated rings. The van der Waals surface area contributed by atoms with E-state index in [0.717, 1.165) is 16.9 Å². The molecule has 0 spiro atoms. The van der Waals surface area contributed by atoms with Crippen molar-refractivity contribution in [2.75, 3.05) is 18.7 Å². The highest BCUT2D eigenvalue weighted by molar-refractivity contribution is 6.01. The molecule has 146 valence electrons. The van der Waals surface area contributed by atoms with E-state index in [9.17, 15) is 14.4 Å². The molecule has 0 aliphatic carbocycles. The van der Waals surface area contributed by atoms with Crippen LogP contribution in [0.25, 0.3) is 0 Å². The fraction of sp³-hybridized carbons (Fsp3) is 0.286. The first-order valence-electron chi connectivity index (χ1n) is 9.12. The van der Waals surface area contributed by atoms with Crippen LogP contribution in [0.1, 0.15) is 34.3 Å². The maximum absolute atomic E-state index is 12.4. The molecule has 0 atom stereocenters. The molecule has 1 aliphatic rings. The summed E-state index contributed by atoms with van der Waals surface area (Å²) >= 11 is 0. The number of hydrogen-bond donors (Lipinski definition) is 2. The van der Waals surface area contributed by atoms with E-state index in [4.69, 9.17) is 4.74 Å². The number of benzene rings is 2. The third-order valence-corrected chi connectivity index (χ3v) is 4.56. The second kappa shape index (κ2) is 8.56. The molecule has 0 bridgehead atoms. The Morgan fingerprint density at radius 2 is 1.89 bits per heavy atom. The number of methoxy groups -OCH3 is 1. The van der Waals surface area contributed by atoms with Gasteiger partial charge in [0, 0.05) is 24.9 Å². The van der Waals surface area contributed by atoms with Crippen molar-refractivity contribution >= 4 is 23.4 Å². The Bertz CT molecular complexity index is 893. The summed E-state index contributed by atoms with van der Waals surface area (Å²) in [7, 11) is 1.63. The fourth-order valence-electron chi connectivity index (χ4n) is 3.06. The van der Waals surface area contributed by atoms with Gasteiger partial charge in [-0.05, 0) is 49.2 Å². The molecular weight excluding hydrogens is 358 g/mol. The first kappa shape index (κ1) is 19.4. The van der Waals surface area contributed by atoms with Crippen LogP contribution in [0.15, 0.2) is 42.5 Å². The average Bonchev–Trinajstić information content (AvgIpc) is 2.70. The third kappa shape index (κ3) is 4.49. The van der Waals surface area contributed by atoms with Crippen molar-refractivity contribution in [1.29, 1.82) is 0 Å². The number of hydrazine groups is 1. The number of nitrogens with one attached hydrogen (secondary N) is 2. The Hall–Kier alpha value is -3.35. The number of anilines is 1. The summed E-state index contributed by atoms with van der Waals surface area (Å²) in [6, 6.07) is 12.5. The van der Waals surface area contributed by atoms with Gasteiger partial charge in [-0.1, -0.05) is 17.7 Å². The van der Waals surface area contributed by atoms with Crippen molar-refractivity contribution in [3.63, 3.8) is 0 Å². The van der Waals surface area contributed by atoms with E-state index >= 15 is 0 Å². The molecule has 0 radical (unpaired) electrons. The lowest BCUT2D eigenvalue weighted by Crippen LogP contribution is -2.50. The summed E-state index contributed by atoms with van der Waals surface area (Å²) in [4.78, 5) is 35.8. The van der Waals surface area contributed by atoms with Gasteiger partial charge in [0.15, 0.2) is 0 Å². The minimum absolute atomic E-state index is 0.177. The molecule has 2 N–H and O–H groups in total. The van der Waals surface area contributed by atoms with E-state index in [0.29, 0.717) is 24.2 Å². The Morgan fingerprint density at radius 1 is 1.14 bits per heavy atom. The normalized spacial score (nSPS) is 13.9. The quantitative estimate of drug-likeness (QED) is 0.802. The number of carbonyl (C=O) groups is 3. The Morgan fingerprint density at radius 3 is 2.61 bits per heavy atom. The number of rotatable bonds is 6. The monoisotopic (exact) mass is 381 g/mol. The van der Waals surface area contributed by atoms with Crippen LogP contribution in [-0.2, 0) is 16.0 Å². The zero-order valence-corrected chi connectivity index (χ0v) is 16.0. The zero-order valence-electron chi connectivity index (χ0n) is 16.0. The maximum atomic E-state index is 12.4. The van der Waals surface area contributed by atoms with Crippen LogP contribution in [-0.4, -0.2) is 31.4 Å². The fourth-order valence-corrected chi connectivity index (χ4v) is 3.06. The number of aryl methyl sites for hydroxylation is 1. The Labute approximate surface area is 163 Å². The van der Waals surface area contributed by atoms with Crippen LogP contribution in [0.4, 0.5) is 5.69 Å². The van der Waals surface area contributed by atoms with Gasteiger partial charge in [-0.3, -0.25) is 19.8 Å². The van der Waals surface area contributed by atoms with Gasteiger partial charge in [-0.25, -0.2) is 5.01 Å². The minimum Gasteiger partial charge on any atom is -0.496 e. The summed E-state index contributed by atoms with van der Waals surface area (Å²) < 4.78 is 5.35. The molecule has 7 heteroatoms. The molecule has 0 saturated carbocycles. The van der Waals surface area contributed by atoms with E-state index in [1.54, 1.807) is 31.4 Å². The highest BCUT2D eigenvalue weighted by atomic mass is 16.5. The van der Waals surface area contributed by atoms with Crippen molar-refractivity contribution < 1.29 is 19.1 Å². The minimum atomic E-state index is -0.202. The van der Waals surface area contributed by atoms with Crippen LogP contribution in [0.2, 0.25) is 0 Å². The number of hydrogen-bond acceptors (Lipinski definition) is 4. The van der Waals surface area contributed by atoms with Crippen molar-refractivity contribution in [2.24, 2.45) is 0 Å². The van der Waals surface area contributed by atoms with Crippen LogP contribution in [0, 0.1) is 6.92 Å². The molecule has 1 heterocycles. The van der Waals surface area contributed by atoms with Crippen LogP contribution < -0.4 is 20.5 Å². The number of nitrogens with zero attached hydrogens (tertiary/aromatic N) is 1. The SMILES string of the molecule is COc1ccc(C)cc1CCNC(=O)c1ccc(N2NC(=O)CCC2=O)cc1. The van der Waals surface area contributed by atoms with Gasteiger partial charge in [0.2, 0.25) is 11.8 Å². The van der Waals surface area contributed by atoms with Crippen molar-refractivity contribution in [2.45, 2.75) is 26.2 Å². The third-order valence-electron chi connectivity index (χ3n) is 4.56. The summed E-state index contributed by atoms with van der Waals surface area (Å²) in [5.74, 6) is 0.224. The van der Waals surface area contributed by atoms with Crippen molar-refractivity contribution in [1.82, 2.24) is 10.7 Å². The molecule has 0 aromatic heterocycles. The molecule has 1 aliphatic heterocycles. The van der Waals surface area contributed by atoms with Crippen molar-refractivity contribution in [3.8, 4) is 5.75 Å². The van der Waals surface area contributed by atoms with Gasteiger partial charge >= 0.3 is 0 Å². The standard InChI is InChI=1S/C21H23N3O4/c1-14-3-8-18(28-2)16(13-14)11-12-22-21(27)15-4-6-17(7-5-15)24-20(26)10-9-19(25)23-24/h3-8,13H,9-12H2,1-2H3,(H,22,27)(H,23,25). The Kier molecular flexibility index (Phi) is 5.93. The maximum Gasteiger partial charge on any atom is 0.251 e. The Balaban J connectivity index is 1.58. The van der Waals surface area contributed by atoms with Crippen LogP contribution >= 0.6 is 0 Å². The van der Waals surface area contributed by atoms with E-state index in [2.05, 4.69) is 10.7 Å². The van der Waals surface area contributed by atoms with Crippen LogP contribution in [0.3, 0.4) is 0 Å². The molecule has 7 nitrogen and oxygen atoms in total. The van der Waals surface area contributed by atoms with Gasteiger partial charge in [0.05, 0.1) is 12.8 Å². The summed E-state index contributed by atoms with van der Waals surface area (Å²) in [6.07, 6.45) is 1.03. The van der Waals surface area contributed by atoms with E-state index in [1.807, 2.05) is 25.1 Å². The highest BCUT2D eigenvalue weighted by Crippen LogP contribution is 2.20.